The first-order valence-corrected chi connectivity index (χ1v) is 9.55. The van der Waals surface area contributed by atoms with E-state index in [0.717, 1.165) is 48.8 Å². The minimum atomic E-state index is -0.139. The van der Waals surface area contributed by atoms with Gasteiger partial charge in [0.05, 0.1) is 0 Å². The Morgan fingerprint density at radius 1 is 0.833 bits per heavy atom. The van der Waals surface area contributed by atoms with E-state index in [1.807, 2.05) is 6.07 Å². The van der Waals surface area contributed by atoms with Gasteiger partial charge in [-0.2, -0.15) is 0 Å². The van der Waals surface area contributed by atoms with Crippen molar-refractivity contribution in [1.29, 1.82) is 0 Å². The Morgan fingerprint density at radius 3 is 2.46 bits per heavy atom. The van der Waals surface area contributed by atoms with E-state index in [9.17, 15) is 4.79 Å². The molecule has 1 aromatic heterocycles. The van der Waals surface area contributed by atoms with E-state index in [0.29, 0.717) is 5.58 Å². The lowest BCUT2D eigenvalue weighted by molar-refractivity contribution is 0.0109. The summed E-state index contributed by atoms with van der Waals surface area (Å²) in [6.45, 7) is 0. The summed E-state index contributed by atoms with van der Waals surface area (Å²) in [6, 6.07) is 4.24. The fourth-order valence-corrected chi connectivity index (χ4v) is 5.00. The molecule has 2 aromatic rings. The van der Waals surface area contributed by atoms with Crippen LogP contribution in [0.15, 0.2) is 21.3 Å². The zero-order valence-corrected chi connectivity index (χ0v) is 14.2. The highest BCUT2D eigenvalue weighted by molar-refractivity contribution is 5.84. The van der Waals surface area contributed by atoms with Crippen LogP contribution in [0.25, 0.3) is 11.0 Å². The lowest BCUT2D eigenvalue weighted by Gasteiger charge is -2.41. The Hall–Kier alpha value is -1.77. The lowest BCUT2D eigenvalue weighted by Crippen LogP contribution is -2.41. The van der Waals surface area contributed by atoms with Gasteiger partial charge < -0.3 is 9.15 Å². The third kappa shape index (κ3) is 2.21. The van der Waals surface area contributed by atoms with Crippen LogP contribution in [-0.2, 0) is 19.3 Å². The molecule has 1 aliphatic heterocycles. The number of ether oxygens (including phenoxy) is 1. The molecule has 24 heavy (non-hydrogen) atoms. The quantitative estimate of drug-likeness (QED) is 0.659. The van der Waals surface area contributed by atoms with Crippen molar-refractivity contribution in [2.45, 2.75) is 76.2 Å². The topological polar surface area (TPSA) is 39.4 Å². The number of hydrogen-bond donors (Lipinski definition) is 0. The molecule has 0 radical (unpaired) electrons. The highest BCUT2D eigenvalue weighted by atomic mass is 16.5. The summed E-state index contributed by atoms with van der Waals surface area (Å²) in [5.74, 6) is 0.953. The minimum Gasteiger partial charge on any atom is -0.487 e. The summed E-state index contributed by atoms with van der Waals surface area (Å²) in [5, 5.41) is 1.14. The number of fused-ring (bicyclic) bond motifs is 4. The van der Waals surface area contributed by atoms with Gasteiger partial charge in [-0.25, -0.2) is 4.79 Å². The van der Waals surface area contributed by atoms with Crippen molar-refractivity contribution in [3.05, 3.63) is 39.2 Å². The Labute approximate surface area is 142 Å². The molecule has 3 nitrogen and oxygen atoms in total. The summed E-state index contributed by atoms with van der Waals surface area (Å²) in [4.78, 5) is 12.3. The molecule has 126 valence electrons. The van der Waals surface area contributed by atoms with Gasteiger partial charge >= 0.3 is 5.63 Å². The smallest absolute Gasteiger partial charge is 0.339 e. The van der Waals surface area contributed by atoms with Crippen molar-refractivity contribution in [3.63, 3.8) is 0 Å². The van der Waals surface area contributed by atoms with Gasteiger partial charge in [-0.1, -0.05) is 6.42 Å². The maximum Gasteiger partial charge on any atom is 0.339 e. The average Bonchev–Trinajstić information content (AvgIpc) is 2.61. The van der Waals surface area contributed by atoms with E-state index in [4.69, 9.17) is 9.15 Å². The van der Waals surface area contributed by atoms with Crippen LogP contribution in [0.3, 0.4) is 0 Å². The Bertz CT molecular complexity index is 855. The largest absolute Gasteiger partial charge is 0.487 e. The molecule has 2 aliphatic carbocycles. The maximum atomic E-state index is 12.3. The lowest BCUT2D eigenvalue weighted by atomic mass is 9.78. The predicted octanol–water partition coefficient (Wildman–Crippen LogP) is 4.70. The van der Waals surface area contributed by atoms with Crippen LogP contribution in [0.5, 0.6) is 5.75 Å². The summed E-state index contributed by atoms with van der Waals surface area (Å²) in [6.07, 6.45) is 12.5. The molecule has 1 aromatic carbocycles. The van der Waals surface area contributed by atoms with Gasteiger partial charge in [0, 0.05) is 17.0 Å². The van der Waals surface area contributed by atoms with Crippen molar-refractivity contribution in [1.82, 2.24) is 0 Å². The van der Waals surface area contributed by atoms with Crippen molar-refractivity contribution < 1.29 is 9.15 Å². The molecule has 1 fully saturated rings. The van der Waals surface area contributed by atoms with Crippen molar-refractivity contribution in [2.24, 2.45) is 0 Å². The highest BCUT2D eigenvalue weighted by Crippen LogP contribution is 2.43. The van der Waals surface area contributed by atoms with Crippen LogP contribution in [0.2, 0.25) is 0 Å². The zero-order chi connectivity index (χ0) is 16.1. The third-order valence-corrected chi connectivity index (χ3v) is 6.35. The third-order valence-electron chi connectivity index (χ3n) is 6.35. The molecule has 3 aliphatic rings. The molecule has 0 N–H and O–H groups in total. The Kier molecular flexibility index (Phi) is 3.26. The molecular formula is C21H24O3. The molecule has 1 saturated carbocycles. The summed E-state index contributed by atoms with van der Waals surface area (Å²) in [5.41, 5.74) is 4.04. The van der Waals surface area contributed by atoms with Gasteiger partial charge in [-0.15, -0.1) is 0 Å². The van der Waals surface area contributed by atoms with Crippen LogP contribution in [0.4, 0.5) is 0 Å². The summed E-state index contributed by atoms with van der Waals surface area (Å²) in [7, 11) is 0. The molecular weight excluding hydrogens is 300 g/mol. The van der Waals surface area contributed by atoms with Gasteiger partial charge in [0.1, 0.15) is 16.9 Å². The minimum absolute atomic E-state index is 0.0351. The SMILES string of the molecule is O=c1oc2cc3c(cc2c2c1CCCC2)CCC1(CCCCC1)O3. The van der Waals surface area contributed by atoms with Crippen LogP contribution in [-0.4, -0.2) is 5.60 Å². The molecule has 1 spiro atoms. The fourth-order valence-electron chi connectivity index (χ4n) is 5.00. The fraction of sp³-hybridized carbons (Fsp3) is 0.571. The van der Waals surface area contributed by atoms with E-state index >= 15 is 0 Å². The Balaban J connectivity index is 1.63. The predicted molar refractivity (Wildman–Crippen MR) is 93.9 cm³/mol. The van der Waals surface area contributed by atoms with Crippen molar-refractivity contribution >= 4 is 11.0 Å². The van der Waals surface area contributed by atoms with E-state index in [1.165, 1.54) is 49.7 Å². The van der Waals surface area contributed by atoms with Crippen LogP contribution < -0.4 is 10.4 Å². The van der Waals surface area contributed by atoms with Gasteiger partial charge in [0.25, 0.3) is 0 Å². The van der Waals surface area contributed by atoms with Gasteiger partial charge in [0.2, 0.25) is 0 Å². The van der Waals surface area contributed by atoms with Gasteiger partial charge in [-0.3, -0.25) is 0 Å². The molecule has 3 heteroatoms. The van der Waals surface area contributed by atoms with E-state index in [-0.39, 0.29) is 11.2 Å². The van der Waals surface area contributed by atoms with Crippen LogP contribution in [0, 0.1) is 0 Å². The maximum absolute atomic E-state index is 12.3. The van der Waals surface area contributed by atoms with E-state index in [1.54, 1.807) is 0 Å². The molecule has 0 amide bonds. The van der Waals surface area contributed by atoms with E-state index < -0.39 is 0 Å². The second-order valence-electron chi connectivity index (χ2n) is 7.86. The van der Waals surface area contributed by atoms with Gasteiger partial charge in [0.15, 0.2) is 0 Å². The molecule has 0 atom stereocenters. The monoisotopic (exact) mass is 324 g/mol. The molecule has 5 rings (SSSR count). The molecule has 2 heterocycles. The summed E-state index contributed by atoms with van der Waals surface area (Å²) < 4.78 is 12.2. The van der Waals surface area contributed by atoms with E-state index in [2.05, 4.69) is 6.07 Å². The molecule has 0 saturated heterocycles. The first kappa shape index (κ1) is 14.6. The average molecular weight is 324 g/mol. The number of benzene rings is 1. The normalized spacial score (nSPS) is 22.0. The van der Waals surface area contributed by atoms with Crippen LogP contribution >= 0.6 is 0 Å². The standard InChI is InChI=1S/C21H24O3/c22-20-16-7-3-2-6-15(16)17-12-14-8-11-21(9-4-1-5-10-21)24-18(14)13-19(17)23-20/h12-13H,1-11H2. The number of aryl methyl sites for hydroxylation is 2. The molecule has 0 unspecified atom stereocenters. The van der Waals surface area contributed by atoms with Gasteiger partial charge in [-0.05, 0) is 81.4 Å². The summed E-state index contributed by atoms with van der Waals surface area (Å²) >= 11 is 0. The van der Waals surface area contributed by atoms with Crippen molar-refractivity contribution in [3.8, 4) is 5.75 Å². The number of rotatable bonds is 0. The second kappa shape index (κ2) is 5.37. The Morgan fingerprint density at radius 2 is 1.62 bits per heavy atom. The zero-order valence-electron chi connectivity index (χ0n) is 14.2. The molecule has 0 bridgehead atoms. The highest BCUT2D eigenvalue weighted by Gasteiger charge is 2.37. The second-order valence-corrected chi connectivity index (χ2v) is 7.86. The number of hydrogen-bond acceptors (Lipinski definition) is 3. The van der Waals surface area contributed by atoms with Crippen molar-refractivity contribution in [2.75, 3.05) is 0 Å². The van der Waals surface area contributed by atoms with Crippen LogP contribution in [0.1, 0.15) is 68.1 Å². The first-order valence-electron chi connectivity index (χ1n) is 9.55. The first-order chi connectivity index (χ1) is 11.7.